The van der Waals surface area contributed by atoms with E-state index < -0.39 is 0 Å². The smallest absolute Gasteiger partial charge is 0.189 e. The van der Waals surface area contributed by atoms with E-state index in [0.29, 0.717) is 11.8 Å². The number of hydrogen-bond acceptors (Lipinski definition) is 2. The van der Waals surface area contributed by atoms with Gasteiger partial charge in [0, 0.05) is 22.3 Å². The van der Waals surface area contributed by atoms with Crippen molar-refractivity contribution in [2.24, 2.45) is 11.8 Å². The molecule has 0 aromatic heterocycles. The van der Waals surface area contributed by atoms with E-state index in [-0.39, 0.29) is 11.6 Å². The van der Waals surface area contributed by atoms with Crippen LogP contribution in [0.25, 0.3) is 11.1 Å². The zero-order valence-corrected chi connectivity index (χ0v) is 21.0. The van der Waals surface area contributed by atoms with Gasteiger partial charge in [-0.05, 0) is 71.9 Å². The van der Waals surface area contributed by atoms with E-state index in [2.05, 4.69) is 36.4 Å². The van der Waals surface area contributed by atoms with E-state index >= 15 is 0 Å². The molecule has 2 saturated carbocycles. The summed E-state index contributed by atoms with van der Waals surface area (Å²) >= 11 is 0. The summed E-state index contributed by atoms with van der Waals surface area (Å²) in [6.07, 6.45) is 20.5. The molecule has 0 amide bonds. The van der Waals surface area contributed by atoms with Gasteiger partial charge in [0.05, 0.1) is 0 Å². The van der Waals surface area contributed by atoms with Crippen LogP contribution < -0.4 is 0 Å². The molecule has 0 heterocycles. The highest BCUT2D eigenvalue weighted by atomic mass is 16.1. The van der Waals surface area contributed by atoms with Crippen LogP contribution in [0.15, 0.2) is 84.0 Å². The molecule has 36 heavy (non-hydrogen) atoms. The molecule has 4 aliphatic rings. The number of benzene rings is 2. The minimum atomic E-state index is 0.204. The second-order valence-electron chi connectivity index (χ2n) is 10.9. The third-order valence-electron chi connectivity index (χ3n) is 8.64. The first kappa shape index (κ1) is 23.2. The fourth-order valence-electron chi connectivity index (χ4n) is 6.69. The maximum absolute atomic E-state index is 13.4. The lowest BCUT2D eigenvalue weighted by molar-refractivity contribution is 0.100. The van der Waals surface area contributed by atoms with E-state index in [1.807, 2.05) is 36.4 Å². The van der Waals surface area contributed by atoms with Gasteiger partial charge in [-0.25, -0.2) is 0 Å². The van der Waals surface area contributed by atoms with E-state index in [9.17, 15) is 9.59 Å². The summed E-state index contributed by atoms with van der Waals surface area (Å²) in [4.78, 5) is 26.9. The van der Waals surface area contributed by atoms with Crippen LogP contribution in [-0.4, -0.2) is 11.6 Å². The SMILES string of the molecule is O=C1C(C2CCCCC2)=C/C(=C/C=C2/C=C(C3CCCCC3)C(=O)c3ccccc32)c2ccccc21. The van der Waals surface area contributed by atoms with Gasteiger partial charge in [0.1, 0.15) is 0 Å². The fraction of sp³-hybridized carbons (Fsp3) is 0.353. The predicted octanol–water partition coefficient (Wildman–Crippen LogP) is 8.56. The summed E-state index contributed by atoms with van der Waals surface area (Å²) in [5.74, 6) is 1.13. The molecule has 0 unspecified atom stereocenters. The molecule has 0 radical (unpaired) electrons. The van der Waals surface area contributed by atoms with Gasteiger partial charge in [0.2, 0.25) is 0 Å². The average molecular weight is 475 g/mol. The van der Waals surface area contributed by atoms with Crippen molar-refractivity contribution in [1.82, 2.24) is 0 Å². The molecule has 2 aromatic rings. The van der Waals surface area contributed by atoms with Gasteiger partial charge < -0.3 is 0 Å². The highest BCUT2D eigenvalue weighted by Crippen LogP contribution is 2.40. The number of Topliss-reactive ketones (excluding diaryl/α,β-unsaturated/α-hetero) is 2. The summed E-state index contributed by atoms with van der Waals surface area (Å²) in [5.41, 5.74) is 7.82. The number of fused-ring (bicyclic) bond motifs is 2. The van der Waals surface area contributed by atoms with Crippen LogP contribution in [-0.2, 0) is 0 Å². The van der Waals surface area contributed by atoms with Crippen LogP contribution in [0.3, 0.4) is 0 Å². The lowest BCUT2D eigenvalue weighted by Crippen LogP contribution is -2.20. The van der Waals surface area contributed by atoms with Gasteiger partial charge in [-0.15, -0.1) is 0 Å². The molecule has 2 fully saturated rings. The molecule has 0 saturated heterocycles. The number of allylic oxidation sites excluding steroid dienone is 8. The Hall–Kier alpha value is -3.26. The van der Waals surface area contributed by atoms with Crippen LogP contribution in [0.5, 0.6) is 0 Å². The molecule has 6 rings (SSSR count). The fourth-order valence-corrected chi connectivity index (χ4v) is 6.69. The first-order valence-corrected chi connectivity index (χ1v) is 13.8. The van der Waals surface area contributed by atoms with Crippen LogP contribution in [0.1, 0.15) is 96.1 Å². The van der Waals surface area contributed by atoms with Crippen molar-refractivity contribution >= 4 is 22.7 Å². The Morgan fingerprint density at radius 3 is 1.25 bits per heavy atom. The summed E-state index contributed by atoms with van der Waals surface area (Å²) in [7, 11) is 0. The monoisotopic (exact) mass is 474 g/mol. The van der Waals surface area contributed by atoms with Crippen molar-refractivity contribution in [3.8, 4) is 0 Å². The number of hydrogen-bond donors (Lipinski definition) is 0. The largest absolute Gasteiger partial charge is 0.289 e. The predicted molar refractivity (Wildman–Crippen MR) is 147 cm³/mol. The summed E-state index contributed by atoms with van der Waals surface area (Å²) in [6.45, 7) is 0. The first-order valence-electron chi connectivity index (χ1n) is 13.8. The second-order valence-corrected chi connectivity index (χ2v) is 10.9. The number of rotatable bonds is 3. The van der Waals surface area contributed by atoms with E-state index in [4.69, 9.17) is 0 Å². The van der Waals surface area contributed by atoms with Crippen LogP contribution in [0, 0.1) is 11.8 Å². The molecule has 0 aliphatic heterocycles. The van der Waals surface area contributed by atoms with Crippen LogP contribution in [0.4, 0.5) is 0 Å². The summed E-state index contributed by atoms with van der Waals surface area (Å²) in [6, 6.07) is 16.1. The highest BCUT2D eigenvalue weighted by Gasteiger charge is 2.31. The maximum Gasteiger partial charge on any atom is 0.189 e. The maximum atomic E-state index is 13.4. The van der Waals surface area contributed by atoms with Crippen molar-refractivity contribution < 1.29 is 9.59 Å². The molecule has 2 nitrogen and oxygen atoms in total. The number of carbonyl (C=O) groups is 2. The minimum Gasteiger partial charge on any atom is -0.289 e. The quantitative estimate of drug-likeness (QED) is 0.446. The molecule has 0 bridgehead atoms. The molecular weight excluding hydrogens is 440 g/mol. The van der Waals surface area contributed by atoms with Crippen LogP contribution >= 0.6 is 0 Å². The van der Waals surface area contributed by atoms with E-state index in [1.165, 1.54) is 38.5 Å². The zero-order chi connectivity index (χ0) is 24.5. The van der Waals surface area contributed by atoms with Gasteiger partial charge >= 0.3 is 0 Å². The Morgan fingerprint density at radius 2 is 0.861 bits per heavy atom. The van der Waals surface area contributed by atoms with Crippen molar-refractivity contribution in [2.45, 2.75) is 64.2 Å². The summed E-state index contributed by atoms with van der Waals surface area (Å²) in [5, 5.41) is 0. The third kappa shape index (κ3) is 4.28. The lowest BCUT2D eigenvalue weighted by Gasteiger charge is -2.28. The molecular formula is C34H34O2. The number of carbonyl (C=O) groups excluding carboxylic acids is 2. The molecule has 2 heteroatoms. The Balaban J connectivity index is 1.44. The second kappa shape index (κ2) is 10.0. The molecule has 2 aromatic carbocycles. The normalized spacial score (nSPS) is 23.3. The molecule has 182 valence electrons. The van der Waals surface area contributed by atoms with E-state index in [1.54, 1.807) is 0 Å². The zero-order valence-electron chi connectivity index (χ0n) is 21.0. The molecule has 4 aliphatic carbocycles. The lowest BCUT2D eigenvalue weighted by atomic mass is 9.75. The highest BCUT2D eigenvalue weighted by molar-refractivity contribution is 6.17. The van der Waals surface area contributed by atoms with Gasteiger partial charge in [-0.3, -0.25) is 9.59 Å². The molecule has 0 spiro atoms. The van der Waals surface area contributed by atoms with Crippen LogP contribution in [0.2, 0.25) is 0 Å². The van der Waals surface area contributed by atoms with Gasteiger partial charge in [-0.2, -0.15) is 0 Å². The van der Waals surface area contributed by atoms with Crippen molar-refractivity contribution in [3.05, 3.63) is 106 Å². The van der Waals surface area contributed by atoms with Crippen molar-refractivity contribution in [1.29, 1.82) is 0 Å². The Labute approximate surface area is 214 Å². The first-order chi connectivity index (χ1) is 17.7. The Morgan fingerprint density at radius 1 is 0.500 bits per heavy atom. The Bertz CT molecular complexity index is 1220. The number of ketones is 2. The Kier molecular flexibility index (Phi) is 6.44. The molecule has 0 atom stereocenters. The minimum absolute atomic E-state index is 0.204. The molecule has 0 N–H and O–H groups in total. The van der Waals surface area contributed by atoms with Gasteiger partial charge in [0.25, 0.3) is 0 Å². The topological polar surface area (TPSA) is 34.1 Å². The van der Waals surface area contributed by atoms with E-state index in [0.717, 1.165) is 70.2 Å². The summed E-state index contributed by atoms with van der Waals surface area (Å²) < 4.78 is 0. The average Bonchev–Trinajstić information content (AvgIpc) is 2.95. The standard InChI is InChI=1S/C34H34O2/c35-33-29-17-9-7-15-27(29)25(21-31(33)23-11-3-1-4-12-23)19-20-26-22-32(24-13-5-2-6-14-24)34(36)30-18-10-8-16-28(26)30/h7-10,15-24H,1-6,11-14H2/b25-19-,26-20-. The van der Waals surface area contributed by atoms with Crippen molar-refractivity contribution in [3.63, 3.8) is 0 Å². The third-order valence-corrected chi connectivity index (χ3v) is 8.64. The van der Waals surface area contributed by atoms with Gasteiger partial charge in [-0.1, -0.05) is 99.2 Å². The van der Waals surface area contributed by atoms with Crippen molar-refractivity contribution in [2.75, 3.05) is 0 Å². The van der Waals surface area contributed by atoms with Gasteiger partial charge in [0.15, 0.2) is 11.6 Å².